The van der Waals surface area contributed by atoms with E-state index in [0.29, 0.717) is 5.41 Å². The van der Waals surface area contributed by atoms with Crippen LogP contribution in [0, 0.1) is 12.3 Å². The molecular weight excluding hydrogens is 186 g/mol. The van der Waals surface area contributed by atoms with E-state index >= 15 is 0 Å². The van der Waals surface area contributed by atoms with Gasteiger partial charge in [0.2, 0.25) is 0 Å². The zero-order valence-electron chi connectivity index (χ0n) is 9.58. The van der Waals surface area contributed by atoms with Crippen molar-refractivity contribution < 1.29 is 0 Å². The summed E-state index contributed by atoms with van der Waals surface area (Å²) in [6, 6.07) is 0. The van der Waals surface area contributed by atoms with Gasteiger partial charge in [-0.25, -0.2) is 4.98 Å². The number of rotatable bonds is 3. The summed E-state index contributed by atoms with van der Waals surface area (Å²) in [5.41, 5.74) is 1.43. The first-order valence-corrected chi connectivity index (χ1v) is 5.71. The fourth-order valence-electron chi connectivity index (χ4n) is 2.19. The normalized spacial score (nSPS) is 19.1. The van der Waals surface area contributed by atoms with Crippen LogP contribution in [0.4, 0.5) is 5.82 Å². The zero-order valence-corrected chi connectivity index (χ0v) is 9.58. The molecule has 1 aromatic heterocycles. The van der Waals surface area contributed by atoms with E-state index in [0.717, 1.165) is 18.1 Å². The van der Waals surface area contributed by atoms with Crippen molar-refractivity contribution in [3.05, 3.63) is 18.1 Å². The van der Waals surface area contributed by atoms with Crippen molar-refractivity contribution in [2.75, 3.05) is 11.9 Å². The summed E-state index contributed by atoms with van der Waals surface area (Å²) in [7, 11) is 0. The molecule has 0 atom stereocenters. The smallest absolute Gasteiger partial charge is 0.144 e. The molecule has 1 N–H and O–H groups in total. The minimum absolute atomic E-state index is 0.465. The van der Waals surface area contributed by atoms with Crippen molar-refractivity contribution in [3.8, 4) is 0 Å². The van der Waals surface area contributed by atoms with Crippen LogP contribution in [0.15, 0.2) is 12.4 Å². The Labute approximate surface area is 91.3 Å². The molecule has 1 aromatic rings. The van der Waals surface area contributed by atoms with E-state index in [-0.39, 0.29) is 0 Å². The van der Waals surface area contributed by atoms with E-state index in [2.05, 4.69) is 22.2 Å². The Morgan fingerprint density at radius 3 is 2.60 bits per heavy atom. The molecule has 82 valence electrons. The van der Waals surface area contributed by atoms with Gasteiger partial charge in [0.05, 0.1) is 18.1 Å². The van der Waals surface area contributed by atoms with Crippen molar-refractivity contribution in [3.63, 3.8) is 0 Å². The summed E-state index contributed by atoms with van der Waals surface area (Å²) >= 11 is 0. The van der Waals surface area contributed by atoms with Gasteiger partial charge >= 0.3 is 0 Å². The van der Waals surface area contributed by atoms with Crippen LogP contribution in [-0.4, -0.2) is 16.5 Å². The van der Waals surface area contributed by atoms with Crippen LogP contribution in [0.1, 0.15) is 38.3 Å². The molecule has 1 aliphatic carbocycles. The van der Waals surface area contributed by atoms with E-state index in [4.69, 9.17) is 0 Å². The van der Waals surface area contributed by atoms with Gasteiger partial charge in [-0.15, -0.1) is 0 Å². The van der Waals surface area contributed by atoms with Gasteiger partial charge in [-0.3, -0.25) is 4.98 Å². The van der Waals surface area contributed by atoms with Crippen LogP contribution >= 0.6 is 0 Å². The van der Waals surface area contributed by atoms with E-state index in [1.165, 1.54) is 25.7 Å². The maximum atomic E-state index is 4.30. The first-order valence-electron chi connectivity index (χ1n) is 5.71. The van der Waals surface area contributed by atoms with Gasteiger partial charge in [-0.2, -0.15) is 0 Å². The van der Waals surface area contributed by atoms with Gasteiger partial charge in [-0.1, -0.05) is 19.8 Å². The average molecular weight is 205 g/mol. The second-order valence-corrected chi connectivity index (χ2v) is 4.91. The van der Waals surface area contributed by atoms with Gasteiger partial charge in [0.15, 0.2) is 0 Å². The summed E-state index contributed by atoms with van der Waals surface area (Å²) in [4.78, 5) is 8.52. The summed E-state index contributed by atoms with van der Waals surface area (Å²) in [6.45, 7) is 5.33. The molecule has 0 radical (unpaired) electrons. The lowest BCUT2D eigenvalue weighted by atomic mass is 9.89. The van der Waals surface area contributed by atoms with E-state index in [1.54, 1.807) is 6.20 Å². The summed E-state index contributed by atoms with van der Waals surface area (Å²) < 4.78 is 0. The van der Waals surface area contributed by atoms with Gasteiger partial charge in [-0.05, 0) is 25.2 Å². The third kappa shape index (κ3) is 2.67. The monoisotopic (exact) mass is 205 g/mol. The molecule has 3 nitrogen and oxygen atoms in total. The Balaban J connectivity index is 1.90. The van der Waals surface area contributed by atoms with Crippen molar-refractivity contribution >= 4 is 5.82 Å². The van der Waals surface area contributed by atoms with Crippen LogP contribution in [0.3, 0.4) is 0 Å². The Kier molecular flexibility index (Phi) is 2.89. The quantitative estimate of drug-likeness (QED) is 0.824. The third-order valence-corrected chi connectivity index (χ3v) is 3.29. The van der Waals surface area contributed by atoms with Crippen LogP contribution in [0.5, 0.6) is 0 Å². The molecule has 1 saturated carbocycles. The number of hydrogen-bond acceptors (Lipinski definition) is 3. The molecule has 0 spiro atoms. The van der Waals surface area contributed by atoms with Gasteiger partial charge in [0, 0.05) is 6.54 Å². The Hall–Kier alpha value is -1.12. The average Bonchev–Trinajstić information content (AvgIpc) is 2.65. The number of nitrogens with zero attached hydrogens (tertiary/aromatic N) is 2. The maximum absolute atomic E-state index is 4.30. The van der Waals surface area contributed by atoms with Crippen molar-refractivity contribution in [1.29, 1.82) is 0 Å². The van der Waals surface area contributed by atoms with Crippen LogP contribution in [0.2, 0.25) is 0 Å². The molecule has 0 bridgehead atoms. The van der Waals surface area contributed by atoms with Crippen LogP contribution in [0.25, 0.3) is 0 Å². The highest BCUT2D eigenvalue weighted by atomic mass is 15.0. The third-order valence-electron chi connectivity index (χ3n) is 3.29. The second-order valence-electron chi connectivity index (χ2n) is 4.91. The number of aromatic nitrogens is 2. The molecule has 0 saturated heterocycles. The van der Waals surface area contributed by atoms with Crippen LogP contribution in [-0.2, 0) is 0 Å². The lowest BCUT2D eigenvalue weighted by molar-refractivity contribution is 0.361. The number of hydrogen-bond donors (Lipinski definition) is 1. The first kappa shape index (κ1) is 10.4. The number of anilines is 1. The van der Waals surface area contributed by atoms with Crippen molar-refractivity contribution in [2.24, 2.45) is 5.41 Å². The first-order chi connectivity index (χ1) is 7.18. The lowest BCUT2D eigenvalue weighted by Crippen LogP contribution is -2.23. The Morgan fingerprint density at radius 1 is 1.27 bits per heavy atom. The highest BCUT2D eigenvalue weighted by Crippen LogP contribution is 2.37. The molecule has 0 amide bonds. The summed E-state index contributed by atoms with van der Waals surface area (Å²) in [6.07, 6.45) is 9.03. The number of nitrogens with one attached hydrogen (secondary N) is 1. The Morgan fingerprint density at radius 2 is 2.00 bits per heavy atom. The Bertz CT molecular complexity index is 312. The zero-order chi connectivity index (χ0) is 10.7. The second kappa shape index (κ2) is 4.17. The molecule has 2 rings (SSSR count). The molecule has 0 aromatic carbocycles. The van der Waals surface area contributed by atoms with E-state index in [9.17, 15) is 0 Å². The minimum atomic E-state index is 0.465. The highest BCUT2D eigenvalue weighted by Gasteiger charge is 2.28. The van der Waals surface area contributed by atoms with Crippen molar-refractivity contribution in [1.82, 2.24) is 9.97 Å². The van der Waals surface area contributed by atoms with Gasteiger partial charge in [0.1, 0.15) is 5.82 Å². The predicted octanol–water partition coefficient (Wildman–Crippen LogP) is 2.78. The summed E-state index contributed by atoms with van der Waals surface area (Å²) in [5, 5.41) is 3.38. The molecule has 1 aliphatic rings. The fraction of sp³-hybridized carbons (Fsp3) is 0.667. The molecule has 0 unspecified atom stereocenters. The molecule has 15 heavy (non-hydrogen) atoms. The van der Waals surface area contributed by atoms with Gasteiger partial charge in [0.25, 0.3) is 0 Å². The fourth-order valence-corrected chi connectivity index (χ4v) is 2.19. The maximum Gasteiger partial charge on any atom is 0.144 e. The lowest BCUT2D eigenvalue weighted by Gasteiger charge is -2.23. The largest absolute Gasteiger partial charge is 0.368 e. The minimum Gasteiger partial charge on any atom is -0.368 e. The van der Waals surface area contributed by atoms with E-state index < -0.39 is 0 Å². The molecule has 1 fully saturated rings. The molecule has 0 aliphatic heterocycles. The van der Waals surface area contributed by atoms with E-state index in [1.807, 2.05) is 13.1 Å². The number of aryl methyl sites for hydroxylation is 1. The highest BCUT2D eigenvalue weighted by molar-refractivity contribution is 5.31. The molecule has 3 heteroatoms. The SMILES string of the molecule is Cc1cnc(NCC2(C)CCCC2)cn1. The summed E-state index contributed by atoms with van der Waals surface area (Å²) in [5.74, 6) is 0.897. The molecular formula is C12H19N3. The standard InChI is InChI=1S/C12H19N3/c1-10-7-14-11(8-13-10)15-9-12(2)5-3-4-6-12/h7-8H,3-6,9H2,1-2H3,(H,14,15). The van der Waals surface area contributed by atoms with Crippen LogP contribution < -0.4 is 5.32 Å². The topological polar surface area (TPSA) is 37.8 Å². The predicted molar refractivity (Wildman–Crippen MR) is 61.8 cm³/mol. The van der Waals surface area contributed by atoms with Gasteiger partial charge < -0.3 is 5.32 Å². The van der Waals surface area contributed by atoms with Crippen molar-refractivity contribution in [2.45, 2.75) is 39.5 Å². The molecule has 1 heterocycles.